The summed E-state index contributed by atoms with van der Waals surface area (Å²) in [6.45, 7) is 7.89. The van der Waals surface area contributed by atoms with Gasteiger partial charge in [0.2, 0.25) is 10.0 Å². The Hall–Kier alpha value is -2.11. The lowest BCUT2D eigenvalue weighted by atomic mass is 9.77. The van der Waals surface area contributed by atoms with Gasteiger partial charge in [-0.15, -0.1) is 0 Å². The molecule has 2 aromatic rings. The Morgan fingerprint density at radius 2 is 1.75 bits per heavy atom. The van der Waals surface area contributed by atoms with Gasteiger partial charge in [-0.3, -0.25) is 0 Å². The Kier molecular flexibility index (Phi) is 5.67. The Morgan fingerprint density at radius 3 is 2.44 bits per heavy atom. The van der Waals surface area contributed by atoms with Gasteiger partial charge in [-0.2, -0.15) is 4.31 Å². The zero-order valence-electron chi connectivity index (χ0n) is 19.3. The highest BCUT2D eigenvalue weighted by Gasteiger charge is 2.39. The summed E-state index contributed by atoms with van der Waals surface area (Å²) >= 11 is 0. The molecule has 1 N–H and O–H groups in total. The zero-order valence-corrected chi connectivity index (χ0v) is 20.1. The average Bonchev–Trinajstić information content (AvgIpc) is 3.29. The number of sulfonamides is 1. The minimum absolute atomic E-state index is 0.231. The van der Waals surface area contributed by atoms with E-state index in [-0.39, 0.29) is 12.0 Å². The van der Waals surface area contributed by atoms with Gasteiger partial charge in [0.25, 0.3) is 0 Å². The van der Waals surface area contributed by atoms with Crippen molar-refractivity contribution >= 4 is 15.7 Å². The molecular formula is C27H34N2O2S. The summed E-state index contributed by atoms with van der Waals surface area (Å²) in [5, 5.41) is 3.75. The summed E-state index contributed by atoms with van der Waals surface area (Å²) in [5.74, 6) is 1.78. The second-order valence-corrected chi connectivity index (χ2v) is 12.1. The third-order valence-electron chi connectivity index (χ3n) is 7.68. The van der Waals surface area contributed by atoms with Crippen LogP contribution in [-0.2, 0) is 10.0 Å². The molecule has 32 heavy (non-hydrogen) atoms. The van der Waals surface area contributed by atoms with Gasteiger partial charge < -0.3 is 5.32 Å². The normalized spacial score (nSPS) is 26.1. The molecule has 3 aliphatic rings. The van der Waals surface area contributed by atoms with Crippen LogP contribution in [0.4, 0.5) is 5.69 Å². The number of benzene rings is 2. The van der Waals surface area contributed by atoms with E-state index in [1.807, 2.05) is 12.1 Å². The first kappa shape index (κ1) is 21.7. The number of piperidine rings is 1. The predicted molar refractivity (Wildman–Crippen MR) is 130 cm³/mol. The lowest BCUT2D eigenvalue weighted by Crippen LogP contribution is -2.38. The molecule has 0 amide bonds. The van der Waals surface area contributed by atoms with Gasteiger partial charge in [0, 0.05) is 24.7 Å². The molecule has 2 heterocycles. The maximum Gasteiger partial charge on any atom is 0.243 e. The van der Waals surface area contributed by atoms with Crippen LogP contribution in [0.2, 0.25) is 0 Å². The number of hydrogen-bond donors (Lipinski definition) is 1. The molecule has 0 aromatic heterocycles. The topological polar surface area (TPSA) is 49.4 Å². The van der Waals surface area contributed by atoms with Crippen LogP contribution in [0.25, 0.3) is 0 Å². The molecule has 3 atom stereocenters. The van der Waals surface area contributed by atoms with E-state index >= 15 is 0 Å². The summed E-state index contributed by atoms with van der Waals surface area (Å²) in [5.41, 5.74) is 4.83. The fraction of sp³-hybridized carbons (Fsp3) is 0.481. The minimum Gasteiger partial charge on any atom is -0.378 e. The van der Waals surface area contributed by atoms with E-state index in [1.165, 1.54) is 11.1 Å². The van der Waals surface area contributed by atoms with Crippen molar-refractivity contribution in [3.8, 4) is 0 Å². The molecule has 4 nitrogen and oxygen atoms in total. The highest BCUT2D eigenvalue weighted by Crippen LogP contribution is 2.50. The fourth-order valence-electron chi connectivity index (χ4n) is 5.53. The Morgan fingerprint density at radius 1 is 1.03 bits per heavy atom. The van der Waals surface area contributed by atoms with Crippen LogP contribution in [0.15, 0.2) is 59.5 Å². The van der Waals surface area contributed by atoms with E-state index < -0.39 is 10.0 Å². The number of rotatable bonds is 4. The quantitative estimate of drug-likeness (QED) is 0.576. The number of anilines is 1. The first-order chi connectivity index (χ1) is 15.3. The van der Waals surface area contributed by atoms with E-state index in [2.05, 4.69) is 62.5 Å². The van der Waals surface area contributed by atoms with Crippen LogP contribution in [0.3, 0.4) is 0 Å². The van der Waals surface area contributed by atoms with E-state index in [1.54, 1.807) is 10.4 Å². The van der Waals surface area contributed by atoms with Crippen molar-refractivity contribution < 1.29 is 8.42 Å². The van der Waals surface area contributed by atoms with Gasteiger partial charge in [0.1, 0.15) is 0 Å². The van der Waals surface area contributed by atoms with E-state index in [0.717, 1.165) is 30.5 Å². The zero-order chi connectivity index (χ0) is 22.5. The predicted octanol–water partition coefficient (Wildman–Crippen LogP) is 6.06. The van der Waals surface area contributed by atoms with Crippen LogP contribution in [-0.4, -0.2) is 25.8 Å². The van der Waals surface area contributed by atoms with E-state index in [9.17, 15) is 8.42 Å². The number of allylic oxidation sites excluding steroid dienone is 2. The Labute approximate surface area is 192 Å². The lowest BCUT2D eigenvalue weighted by molar-refractivity contribution is 0.288. The van der Waals surface area contributed by atoms with Crippen molar-refractivity contribution in [1.82, 2.24) is 4.31 Å². The highest BCUT2D eigenvalue weighted by molar-refractivity contribution is 7.89. The molecule has 3 unspecified atom stereocenters. The Balaban J connectivity index is 1.46. The standard InChI is InChI=1S/C27H34N2O2S/c1-18(2)20-7-9-21(10-8-20)27-24-6-4-5-23(24)25-17-22(11-12-26(25)28-27)32(30,31)29-15-13-19(3)14-16-29/h4-5,7-12,17-19,23-24,27-28H,6,13-16H2,1-3H3. The molecule has 0 spiro atoms. The van der Waals surface area contributed by atoms with Crippen molar-refractivity contribution in [1.29, 1.82) is 0 Å². The number of nitrogens with one attached hydrogen (secondary N) is 1. The minimum atomic E-state index is -3.44. The molecule has 0 bridgehead atoms. The molecule has 5 rings (SSSR count). The van der Waals surface area contributed by atoms with Gasteiger partial charge in [0.15, 0.2) is 0 Å². The summed E-state index contributed by atoms with van der Waals surface area (Å²) < 4.78 is 28.3. The number of hydrogen-bond acceptors (Lipinski definition) is 3. The lowest BCUT2D eigenvalue weighted by Gasteiger charge is -2.38. The smallest absolute Gasteiger partial charge is 0.243 e. The van der Waals surface area contributed by atoms with E-state index in [0.29, 0.717) is 35.7 Å². The SMILES string of the molecule is CC1CCN(S(=O)(=O)c2ccc3c(c2)C2C=CCC2C(c2ccc(C(C)C)cc2)N3)CC1. The molecule has 0 radical (unpaired) electrons. The third-order valence-corrected chi connectivity index (χ3v) is 9.57. The second-order valence-electron chi connectivity index (χ2n) is 10.1. The van der Waals surface area contributed by atoms with Gasteiger partial charge in [-0.05, 0) is 71.9 Å². The highest BCUT2D eigenvalue weighted by atomic mass is 32.2. The van der Waals surface area contributed by atoms with Gasteiger partial charge in [-0.25, -0.2) is 8.42 Å². The maximum atomic E-state index is 13.3. The second kappa shape index (κ2) is 8.35. The molecule has 170 valence electrons. The molecule has 2 aliphatic heterocycles. The summed E-state index contributed by atoms with van der Waals surface area (Å²) in [6.07, 6.45) is 7.43. The molecule has 5 heteroatoms. The van der Waals surface area contributed by atoms with Crippen molar-refractivity contribution in [2.45, 2.75) is 62.8 Å². The van der Waals surface area contributed by atoms with Crippen molar-refractivity contribution in [2.75, 3.05) is 18.4 Å². The van der Waals surface area contributed by atoms with Crippen LogP contribution < -0.4 is 5.32 Å². The van der Waals surface area contributed by atoms with Crippen molar-refractivity contribution in [2.24, 2.45) is 11.8 Å². The molecule has 2 aromatic carbocycles. The first-order valence-corrected chi connectivity index (χ1v) is 13.5. The average molecular weight is 451 g/mol. The molecule has 0 saturated carbocycles. The van der Waals surface area contributed by atoms with Gasteiger partial charge in [0.05, 0.1) is 10.9 Å². The number of nitrogens with zero attached hydrogens (tertiary/aromatic N) is 1. The molecule has 1 fully saturated rings. The summed E-state index contributed by atoms with van der Waals surface area (Å²) in [6, 6.07) is 14.9. The van der Waals surface area contributed by atoms with Crippen LogP contribution >= 0.6 is 0 Å². The molecule has 1 saturated heterocycles. The van der Waals surface area contributed by atoms with E-state index in [4.69, 9.17) is 0 Å². The largest absolute Gasteiger partial charge is 0.378 e. The Bertz CT molecular complexity index is 1110. The first-order valence-electron chi connectivity index (χ1n) is 12.0. The van der Waals surface area contributed by atoms with Gasteiger partial charge in [-0.1, -0.05) is 57.2 Å². The summed E-state index contributed by atoms with van der Waals surface area (Å²) in [7, 11) is -3.44. The van der Waals surface area contributed by atoms with Gasteiger partial charge >= 0.3 is 0 Å². The van der Waals surface area contributed by atoms with Crippen molar-refractivity contribution in [3.05, 3.63) is 71.3 Å². The number of fused-ring (bicyclic) bond motifs is 3. The van der Waals surface area contributed by atoms with Crippen LogP contribution in [0.5, 0.6) is 0 Å². The third kappa shape index (κ3) is 3.80. The fourth-order valence-corrected chi connectivity index (χ4v) is 7.03. The maximum absolute atomic E-state index is 13.3. The monoisotopic (exact) mass is 450 g/mol. The molecular weight excluding hydrogens is 416 g/mol. The van der Waals surface area contributed by atoms with Crippen LogP contribution in [0.1, 0.15) is 74.6 Å². The van der Waals surface area contributed by atoms with Crippen LogP contribution in [0, 0.1) is 11.8 Å². The molecule has 1 aliphatic carbocycles. The summed E-state index contributed by atoms with van der Waals surface area (Å²) in [4.78, 5) is 0.436. The van der Waals surface area contributed by atoms with Crippen molar-refractivity contribution in [3.63, 3.8) is 0 Å².